The molecule has 108 valence electrons. The summed E-state index contributed by atoms with van der Waals surface area (Å²) < 4.78 is 0. The first kappa shape index (κ1) is 15.0. The molecule has 1 aliphatic carbocycles. The van der Waals surface area contributed by atoms with Crippen LogP contribution in [0, 0.1) is 5.41 Å². The fourth-order valence-corrected chi connectivity index (χ4v) is 4.07. The van der Waals surface area contributed by atoms with Gasteiger partial charge in [0.1, 0.15) is 0 Å². The van der Waals surface area contributed by atoms with Crippen molar-refractivity contribution < 1.29 is 0 Å². The predicted octanol–water partition coefficient (Wildman–Crippen LogP) is 3.74. The van der Waals surface area contributed by atoms with Gasteiger partial charge in [-0.1, -0.05) is 18.9 Å². The Morgan fingerprint density at radius 2 is 2.11 bits per heavy atom. The molecule has 1 fully saturated rings. The molecule has 1 aromatic rings. The van der Waals surface area contributed by atoms with Crippen molar-refractivity contribution in [2.45, 2.75) is 52.1 Å². The van der Waals surface area contributed by atoms with Crippen LogP contribution < -0.4 is 5.32 Å². The molecule has 0 atom stereocenters. The van der Waals surface area contributed by atoms with Crippen molar-refractivity contribution in [1.29, 1.82) is 0 Å². The minimum Gasteiger partial charge on any atom is -0.319 e. The van der Waals surface area contributed by atoms with E-state index in [0.717, 1.165) is 6.54 Å². The van der Waals surface area contributed by atoms with Gasteiger partial charge in [-0.3, -0.25) is 4.90 Å². The molecule has 1 N–H and O–H groups in total. The van der Waals surface area contributed by atoms with E-state index in [0.29, 0.717) is 11.5 Å². The molecule has 19 heavy (non-hydrogen) atoms. The summed E-state index contributed by atoms with van der Waals surface area (Å²) in [7, 11) is 2.10. The van der Waals surface area contributed by atoms with Crippen molar-refractivity contribution in [2.24, 2.45) is 5.41 Å². The van der Waals surface area contributed by atoms with Crippen molar-refractivity contribution in [1.82, 2.24) is 10.2 Å². The van der Waals surface area contributed by atoms with Crippen LogP contribution >= 0.6 is 11.3 Å². The lowest BCUT2D eigenvalue weighted by atomic mass is 9.85. The second-order valence-electron chi connectivity index (χ2n) is 6.32. The van der Waals surface area contributed by atoms with Gasteiger partial charge in [0, 0.05) is 30.6 Å². The maximum atomic E-state index is 3.43. The fourth-order valence-electron chi connectivity index (χ4n) is 3.35. The zero-order chi connectivity index (χ0) is 13.7. The average molecular weight is 280 g/mol. The Hall–Kier alpha value is -0.380. The topological polar surface area (TPSA) is 15.3 Å². The molecule has 0 aromatic carbocycles. The number of nitrogens with one attached hydrogen (secondary N) is 1. The van der Waals surface area contributed by atoms with Gasteiger partial charge in [-0.2, -0.15) is 0 Å². The number of thiophene rings is 1. The summed E-state index contributed by atoms with van der Waals surface area (Å²) in [5, 5.41) is 5.62. The van der Waals surface area contributed by atoms with Crippen molar-refractivity contribution in [3.05, 3.63) is 22.4 Å². The molecule has 0 spiro atoms. The van der Waals surface area contributed by atoms with Crippen LogP contribution in [0.2, 0.25) is 0 Å². The summed E-state index contributed by atoms with van der Waals surface area (Å²) in [5.74, 6) is 0. The van der Waals surface area contributed by atoms with E-state index in [1.54, 1.807) is 0 Å². The Balaban J connectivity index is 2.02. The second kappa shape index (κ2) is 6.87. The van der Waals surface area contributed by atoms with Crippen LogP contribution in [0.15, 0.2) is 17.5 Å². The summed E-state index contributed by atoms with van der Waals surface area (Å²) >= 11 is 1.88. The first-order chi connectivity index (χ1) is 9.15. The van der Waals surface area contributed by atoms with E-state index < -0.39 is 0 Å². The smallest absolute Gasteiger partial charge is 0.0330 e. The zero-order valence-corrected chi connectivity index (χ0v) is 13.4. The highest BCUT2D eigenvalue weighted by atomic mass is 32.1. The van der Waals surface area contributed by atoms with Gasteiger partial charge in [-0.25, -0.2) is 0 Å². The number of hydrogen-bond acceptors (Lipinski definition) is 3. The van der Waals surface area contributed by atoms with Gasteiger partial charge >= 0.3 is 0 Å². The molecule has 2 rings (SSSR count). The average Bonchev–Trinajstić information content (AvgIpc) is 3.01. The summed E-state index contributed by atoms with van der Waals surface area (Å²) in [6, 6.07) is 5.05. The highest BCUT2D eigenvalue weighted by molar-refractivity contribution is 7.09. The molecule has 1 aliphatic rings. The van der Waals surface area contributed by atoms with Crippen molar-refractivity contribution in [3.8, 4) is 0 Å². The quantitative estimate of drug-likeness (QED) is 0.818. The Morgan fingerprint density at radius 3 is 2.63 bits per heavy atom. The minimum atomic E-state index is 0.510. The minimum absolute atomic E-state index is 0.510. The molecule has 1 heterocycles. The lowest BCUT2D eigenvalue weighted by Crippen LogP contribution is -2.44. The molecule has 0 bridgehead atoms. The number of rotatable bonds is 7. The highest BCUT2D eigenvalue weighted by Gasteiger charge is 2.35. The van der Waals surface area contributed by atoms with Gasteiger partial charge in [-0.05, 0) is 50.6 Å². The largest absolute Gasteiger partial charge is 0.319 e. The molecule has 0 saturated heterocycles. The van der Waals surface area contributed by atoms with Crippen molar-refractivity contribution >= 4 is 11.3 Å². The van der Waals surface area contributed by atoms with E-state index in [1.165, 1.54) is 43.6 Å². The van der Waals surface area contributed by atoms with Gasteiger partial charge in [-0.15, -0.1) is 11.3 Å². The Labute approximate surface area is 122 Å². The van der Waals surface area contributed by atoms with Gasteiger partial charge in [0.05, 0.1) is 0 Å². The fraction of sp³-hybridized carbons (Fsp3) is 0.750. The van der Waals surface area contributed by atoms with Gasteiger partial charge in [0.15, 0.2) is 0 Å². The van der Waals surface area contributed by atoms with E-state index in [2.05, 4.69) is 48.6 Å². The SMILES string of the molecule is CNCC1(CN(Cc2cccs2)C(C)C)CCCC1. The summed E-state index contributed by atoms with van der Waals surface area (Å²) in [6.45, 7) is 8.18. The van der Waals surface area contributed by atoms with E-state index in [1.807, 2.05) is 11.3 Å². The Bertz CT molecular complexity index is 353. The van der Waals surface area contributed by atoms with Crippen LogP contribution in [0.25, 0.3) is 0 Å². The first-order valence-corrected chi connectivity index (χ1v) is 8.44. The van der Waals surface area contributed by atoms with Crippen LogP contribution in [-0.4, -0.2) is 31.1 Å². The molecule has 1 aromatic heterocycles. The lowest BCUT2D eigenvalue weighted by molar-refractivity contribution is 0.117. The molecule has 3 heteroatoms. The molecule has 0 unspecified atom stereocenters. The van der Waals surface area contributed by atoms with Crippen molar-refractivity contribution in [2.75, 3.05) is 20.1 Å². The molecular formula is C16H28N2S. The van der Waals surface area contributed by atoms with Crippen LogP contribution in [-0.2, 0) is 6.54 Å². The Morgan fingerprint density at radius 1 is 1.37 bits per heavy atom. The van der Waals surface area contributed by atoms with Crippen LogP contribution in [0.1, 0.15) is 44.4 Å². The van der Waals surface area contributed by atoms with E-state index in [4.69, 9.17) is 0 Å². The number of hydrogen-bond donors (Lipinski definition) is 1. The zero-order valence-electron chi connectivity index (χ0n) is 12.6. The monoisotopic (exact) mass is 280 g/mol. The maximum absolute atomic E-state index is 3.43. The van der Waals surface area contributed by atoms with Crippen LogP contribution in [0.5, 0.6) is 0 Å². The van der Waals surface area contributed by atoms with E-state index >= 15 is 0 Å². The molecule has 0 amide bonds. The van der Waals surface area contributed by atoms with Gasteiger partial charge in [0.2, 0.25) is 0 Å². The summed E-state index contributed by atoms with van der Waals surface area (Å²) in [5.41, 5.74) is 0.510. The second-order valence-corrected chi connectivity index (χ2v) is 7.35. The third-order valence-electron chi connectivity index (χ3n) is 4.42. The third-order valence-corrected chi connectivity index (χ3v) is 5.28. The van der Waals surface area contributed by atoms with E-state index in [-0.39, 0.29) is 0 Å². The molecule has 0 aliphatic heterocycles. The first-order valence-electron chi connectivity index (χ1n) is 7.56. The third kappa shape index (κ3) is 4.04. The summed E-state index contributed by atoms with van der Waals surface area (Å²) in [4.78, 5) is 4.15. The van der Waals surface area contributed by atoms with Gasteiger partial charge < -0.3 is 5.32 Å². The van der Waals surface area contributed by atoms with E-state index in [9.17, 15) is 0 Å². The standard InChI is InChI=1S/C16H28N2S/c1-14(2)18(11-15-7-6-10-19-15)13-16(12-17-3)8-4-5-9-16/h6-7,10,14,17H,4-5,8-9,11-13H2,1-3H3. The van der Waals surface area contributed by atoms with Crippen LogP contribution in [0.3, 0.4) is 0 Å². The molecule has 2 nitrogen and oxygen atoms in total. The number of nitrogens with zero attached hydrogens (tertiary/aromatic N) is 1. The highest BCUT2D eigenvalue weighted by Crippen LogP contribution is 2.39. The molecular weight excluding hydrogens is 252 g/mol. The molecule has 0 radical (unpaired) electrons. The Kier molecular flexibility index (Phi) is 5.43. The van der Waals surface area contributed by atoms with Gasteiger partial charge in [0.25, 0.3) is 0 Å². The summed E-state index contributed by atoms with van der Waals surface area (Å²) in [6.07, 6.45) is 5.60. The maximum Gasteiger partial charge on any atom is 0.0330 e. The normalized spacial score (nSPS) is 18.6. The lowest BCUT2D eigenvalue weighted by Gasteiger charge is -2.37. The molecule has 1 saturated carbocycles. The van der Waals surface area contributed by atoms with Crippen molar-refractivity contribution in [3.63, 3.8) is 0 Å². The predicted molar refractivity (Wildman–Crippen MR) is 84.7 cm³/mol. The van der Waals surface area contributed by atoms with Crippen LogP contribution in [0.4, 0.5) is 0 Å².